The highest BCUT2D eigenvalue weighted by Gasteiger charge is 2.05. The van der Waals surface area contributed by atoms with Crippen LogP contribution in [0.2, 0.25) is 10.0 Å². The number of halogens is 2. The molecule has 2 aromatic carbocycles. The van der Waals surface area contributed by atoms with E-state index >= 15 is 0 Å². The molecule has 0 saturated carbocycles. The van der Waals surface area contributed by atoms with Crippen LogP contribution in [0.3, 0.4) is 0 Å². The Hall–Kier alpha value is -1.96. The molecule has 0 fully saturated rings. The predicted octanol–water partition coefficient (Wildman–Crippen LogP) is 3.49. The number of hydrogen-bond donors (Lipinski definition) is 2. The molecule has 0 aromatic heterocycles. The number of nitrogens with one attached hydrogen (secondary N) is 2. The number of carbonyl (C=O) groups excluding carboxylic acids is 1. The normalized spacial score (nSPS) is 11.1. The summed E-state index contributed by atoms with van der Waals surface area (Å²) in [5, 5.41) is 3.65. The molecule has 0 aliphatic heterocycles. The molecule has 0 aliphatic rings. The van der Waals surface area contributed by atoms with Crippen LogP contribution in [-0.4, -0.2) is 33.7 Å². The fourth-order valence-corrected chi connectivity index (χ4v) is 3.08. The van der Waals surface area contributed by atoms with Gasteiger partial charge in [0.1, 0.15) is 12.4 Å². The highest BCUT2D eigenvalue weighted by Crippen LogP contribution is 2.26. The second-order valence-electron chi connectivity index (χ2n) is 5.85. The number of carbonyl (C=O) groups is 1. The van der Waals surface area contributed by atoms with Gasteiger partial charge in [0.15, 0.2) is 0 Å². The van der Waals surface area contributed by atoms with Crippen molar-refractivity contribution in [3.8, 4) is 5.75 Å². The quantitative estimate of drug-likeness (QED) is 0.596. The third-order valence-corrected chi connectivity index (χ3v) is 4.83. The Bertz CT molecular complexity index is 887. The lowest BCUT2D eigenvalue weighted by Gasteiger charge is -2.09. The standard InChI is InChI=1S/C18H20Cl2N2O4S/c1-27(24,25)22-14-5-2-13(3-6-14)4-9-18(23)21-10-11-26-15-7-8-16(19)17(20)12-15/h2-3,5-8,12,22H,4,9-11H2,1H3,(H,21,23). The molecule has 9 heteroatoms. The van der Waals surface area contributed by atoms with Crippen molar-refractivity contribution < 1.29 is 17.9 Å². The van der Waals surface area contributed by atoms with Gasteiger partial charge in [-0.05, 0) is 36.2 Å². The van der Waals surface area contributed by atoms with Gasteiger partial charge >= 0.3 is 0 Å². The lowest BCUT2D eigenvalue weighted by atomic mass is 10.1. The third-order valence-electron chi connectivity index (χ3n) is 3.48. The zero-order valence-electron chi connectivity index (χ0n) is 14.7. The van der Waals surface area contributed by atoms with E-state index in [-0.39, 0.29) is 5.91 Å². The summed E-state index contributed by atoms with van der Waals surface area (Å²) in [6.45, 7) is 0.686. The molecule has 0 heterocycles. The minimum atomic E-state index is -3.29. The first-order chi connectivity index (χ1) is 12.7. The van der Waals surface area contributed by atoms with Crippen molar-refractivity contribution in [2.75, 3.05) is 24.1 Å². The number of anilines is 1. The van der Waals surface area contributed by atoms with E-state index in [0.717, 1.165) is 11.8 Å². The first kappa shape index (κ1) is 21.3. The van der Waals surface area contributed by atoms with Gasteiger partial charge in [-0.25, -0.2) is 8.42 Å². The predicted molar refractivity (Wildman–Crippen MR) is 108 cm³/mol. The van der Waals surface area contributed by atoms with E-state index in [2.05, 4.69) is 10.0 Å². The SMILES string of the molecule is CS(=O)(=O)Nc1ccc(CCC(=O)NCCOc2ccc(Cl)c(Cl)c2)cc1. The van der Waals surface area contributed by atoms with Gasteiger partial charge < -0.3 is 10.1 Å². The fourth-order valence-electron chi connectivity index (χ4n) is 2.23. The molecule has 2 N–H and O–H groups in total. The summed E-state index contributed by atoms with van der Waals surface area (Å²) in [5.41, 5.74) is 1.43. The Morgan fingerprint density at radius 3 is 2.41 bits per heavy atom. The van der Waals surface area contributed by atoms with Gasteiger partial charge in [0.25, 0.3) is 0 Å². The molecule has 146 valence electrons. The monoisotopic (exact) mass is 430 g/mol. The Morgan fingerprint density at radius 1 is 1.07 bits per heavy atom. The largest absolute Gasteiger partial charge is 0.492 e. The van der Waals surface area contributed by atoms with Crippen molar-refractivity contribution in [2.45, 2.75) is 12.8 Å². The van der Waals surface area contributed by atoms with Gasteiger partial charge in [0, 0.05) is 18.2 Å². The molecule has 0 radical (unpaired) electrons. The Morgan fingerprint density at radius 2 is 1.78 bits per heavy atom. The van der Waals surface area contributed by atoms with Gasteiger partial charge in [-0.3, -0.25) is 9.52 Å². The number of aryl methyl sites for hydroxylation is 1. The van der Waals surface area contributed by atoms with Crippen molar-refractivity contribution in [3.05, 3.63) is 58.1 Å². The van der Waals surface area contributed by atoms with E-state index in [9.17, 15) is 13.2 Å². The van der Waals surface area contributed by atoms with Crippen LogP contribution in [0.25, 0.3) is 0 Å². The maximum Gasteiger partial charge on any atom is 0.229 e. The third kappa shape index (κ3) is 8.07. The van der Waals surface area contributed by atoms with E-state index in [1.54, 1.807) is 42.5 Å². The topological polar surface area (TPSA) is 84.5 Å². The molecule has 0 spiro atoms. The maximum atomic E-state index is 11.9. The van der Waals surface area contributed by atoms with Crippen LogP contribution in [0.5, 0.6) is 5.75 Å². The fraction of sp³-hybridized carbons (Fsp3) is 0.278. The van der Waals surface area contributed by atoms with Crippen LogP contribution in [0.1, 0.15) is 12.0 Å². The van der Waals surface area contributed by atoms with Crippen molar-refractivity contribution >= 4 is 44.8 Å². The van der Waals surface area contributed by atoms with Crippen LogP contribution >= 0.6 is 23.2 Å². The summed E-state index contributed by atoms with van der Waals surface area (Å²) in [6.07, 6.45) is 1.97. The van der Waals surface area contributed by atoms with Crippen molar-refractivity contribution in [2.24, 2.45) is 0 Å². The van der Waals surface area contributed by atoms with E-state index in [1.807, 2.05) is 0 Å². The van der Waals surface area contributed by atoms with Gasteiger partial charge in [-0.2, -0.15) is 0 Å². The average Bonchev–Trinajstić information content (AvgIpc) is 2.60. The molecule has 0 aliphatic carbocycles. The summed E-state index contributed by atoms with van der Waals surface area (Å²) in [4.78, 5) is 11.9. The number of ether oxygens (including phenoxy) is 1. The van der Waals surface area contributed by atoms with Crippen LogP contribution in [0, 0.1) is 0 Å². The van der Waals surface area contributed by atoms with Gasteiger partial charge in [0.05, 0.1) is 22.8 Å². The van der Waals surface area contributed by atoms with Crippen molar-refractivity contribution in [3.63, 3.8) is 0 Å². The molecule has 0 atom stereocenters. The number of sulfonamides is 1. The van der Waals surface area contributed by atoms with Crippen molar-refractivity contribution in [1.29, 1.82) is 0 Å². The molecule has 0 bridgehead atoms. The summed E-state index contributed by atoms with van der Waals surface area (Å²) in [5.74, 6) is 0.493. The summed E-state index contributed by atoms with van der Waals surface area (Å²) >= 11 is 11.7. The van der Waals surface area contributed by atoms with Crippen LogP contribution < -0.4 is 14.8 Å². The Labute approximate surface area is 168 Å². The molecule has 0 unspecified atom stereocenters. The minimum absolute atomic E-state index is 0.0916. The average molecular weight is 431 g/mol. The molecule has 0 saturated heterocycles. The highest BCUT2D eigenvalue weighted by molar-refractivity contribution is 7.92. The zero-order valence-corrected chi connectivity index (χ0v) is 17.0. The van der Waals surface area contributed by atoms with E-state index in [1.165, 1.54) is 0 Å². The molecule has 27 heavy (non-hydrogen) atoms. The van der Waals surface area contributed by atoms with Gasteiger partial charge in [0.2, 0.25) is 15.9 Å². The maximum absolute atomic E-state index is 11.9. The summed E-state index contributed by atoms with van der Waals surface area (Å²) in [6, 6.07) is 11.9. The van der Waals surface area contributed by atoms with Crippen LogP contribution in [0.4, 0.5) is 5.69 Å². The molecule has 1 amide bonds. The lowest BCUT2D eigenvalue weighted by Crippen LogP contribution is -2.28. The Balaban J connectivity index is 1.67. The van der Waals surface area contributed by atoms with E-state index in [4.69, 9.17) is 27.9 Å². The zero-order chi connectivity index (χ0) is 19.9. The van der Waals surface area contributed by atoms with Crippen LogP contribution in [0.15, 0.2) is 42.5 Å². The molecule has 6 nitrogen and oxygen atoms in total. The number of rotatable bonds is 9. The first-order valence-corrected chi connectivity index (χ1v) is 10.8. The summed E-state index contributed by atoms with van der Waals surface area (Å²) in [7, 11) is -3.29. The molecular weight excluding hydrogens is 411 g/mol. The summed E-state index contributed by atoms with van der Waals surface area (Å²) < 4.78 is 30.2. The second kappa shape index (κ2) is 9.82. The smallest absolute Gasteiger partial charge is 0.229 e. The number of hydrogen-bond acceptors (Lipinski definition) is 4. The molecule has 2 rings (SSSR count). The van der Waals surface area contributed by atoms with Crippen molar-refractivity contribution in [1.82, 2.24) is 5.32 Å². The first-order valence-electron chi connectivity index (χ1n) is 8.14. The van der Waals surface area contributed by atoms with E-state index < -0.39 is 10.0 Å². The van der Waals surface area contributed by atoms with Crippen LogP contribution in [-0.2, 0) is 21.2 Å². The molecule has 2 aromatic rings. The lowest BCUT2D eigenvalue weighted by molar-refractivity contribution is -0.121. The Kier molecular flexibility index (Phi) is 7.77. The number of amides is 1. The number of benzene rings is 2. The van der Waals surface area contributed by atoms with E-state index in [0.29, 0.717) is 47.5 Å². The molecular formula is C18H20Cl2N2O4S. The highest BCUT2D eigenvalue weighted by atomic mass is 35.5. The van der Waals surface area contributed by atoms with Gasteiger partial charge in [-0.1, -0.05) is 35.3 Å². The second-order valence-corrected chi connectivity index (χ2v) is 8.41. The van der Waals surface area contributed by atoms with Gasteiger partial charge in [-0.15, -0.1) is 0 Å². The minimum Gasteiger partial charge on any atom is -0.492 e.